The van der Waals surface area contributed by atoms with Crippen LogP contribution in [0.4, 0.5) is 4.79 Å². The minimum Gasteiger partial charge on any atom is -0.480 e. The minimum atomic E-state index is -1.04. The molecule has 2 amide bonds. The van der Waals surface area contributed by atoms with E-state index in [2.05, 4.69) is 10.8 Å². The second-order valence-corrected chi connectivity index (χ2v) is 5.72. The molecule has 21 heavy (non-hydrogen) atoms. The van der Waals surface area contributed by atoms with E-state index in [9.17, 15) is 9.59 Å². The number of amides is 2. The summed E-state index contributed by atoms with van der Waals surface area (Å²) < 4.78 is 0. The molecular formula is C15H23N3O3. The molecule has 0 aromatic heterocycles. The van der Waals surface area contributed by atoms with Crippen molar-refractivity contribution in [3.05, 3.63) is 0 Å². The number of carboxylic acids is 1. The molecule has 1 unspecified atom stereocenters. The number of carboxylic acid groups (broad SMARTS) is 1. The van der Waals surface area contributed by atoms with Gasteiger partial charge in [0, 0.05) is 19.1 Å². The number of carbonyl (C=O) groups is 2. The van der Waals surface area contributed by atoms with Crippen molar-refractivity contribution in [1.29, 1.82) is 0 Å². The number of rotatable bonds is 4. The van der Waals surface area contributed by atoms with Crippen LogP contribution >= 0.6 is 0 Å². The Bertz CT molecular complexity index is 426. The SMILES string of the molecule is C#CCN(CC(=O)O)C(=O)N1CCC(N2CCCCC2)C1. The van der Waals surface area contributed by atoms with Gasteiger partial charge >= 0.3 is 12.0 Å². The van der Waals surface area contributed by atoms with E-state index < -0.39 is 5.97 Å². The number of urea groups is 1. The summed E-state index contributed by atoms with van der Waals surface area (Å²) in [6.07, 6.45) is 9.93. The molecule has 0 bridgehead atoms. The molecule has 2 aliphatic rings. The molecule has 2 rings (SSSR count). The molecule has 0 radical (unpaired) electrons. The van der Waals surface area contributed by atoms with Crippen LogP contribution in [0.15, 0.2) is 0 Å². The van der Waals surface area contributed by atoms with Gasteiger partial charge in [-0.25, -0.2) is 4.79 Å². The topological polar surface area (TPSA) is 64.1 Å². The van der Waals surface area contributed by atoms with Gasteiger partial charge in [-0.15, -0.1) is 6.42 Å². The maximum atomic E-state index is 12.4. The Morgan fingerprint density at radius 2 is 1.95 bits per heavy atom. The molecule has 2 aliphatic heterocycles. The first-order chi connectivity index (χ1) is 10.1. The molecule has 116 valence electrons. The zero-order chi connectivity index (χ0) is 15.2. The van der Waals surface area contributed by atoms with Gasteiger partial charge in [-0.05, 0) is 32.4 Å². The summed E-state index contributed by atoms with van der Waals surface area (Å²) in [5.74, 6) is 1.32. The van der Waals surface area contributed by atoms with Crippen LogP contribution in [0, 0.1) is 12.3 Å². The van der Waals surface area contributed by atoms with Crippen molar-refractivity contribution < 1.29 is 14.7 Å². The predicted molar refractivity (Wildman–Crippen MR) is 78.8 cm³/mol. The van der Waals surface area contributed by atoms with Gasteiger partial charge in [-0.1, -0.05) is 12.3 Å². The number of hydrogen-bond acceptors (Lipinski definition) is 3. The van der Waals surface area contributed by atoms with E-state index in [4.69, 9.17) is 11.5 Å². The van der Waals surface area contributed by atoms with Crippen LogP contribution in [-0.4, -0.2) is 77.1 Å². The summed E-state index contributed by atoms with van der Waals surface area (Å²) in [4.78, 5) is 28.6. The fourth-order valence-electron chi connectivity index (χ4n) is 3.16. The first-order valence-electron chi connectivity index (χ1n) is 7.55. The highest BCUT2D eigenvalue weighted by Crippen LogP contribution is 2.21. The number of hydrogen-bond donors (Lipinski definition) is 1. The first-order valence-corrected chi connectivity index (χ1v) is 7.55. The quantitative estimate of drug-likeness (QED) is 0.775. The van der Waals surface area contributed by atoms with Gasteiger partial charge in [0.2, 0.25) is 0 Å². The van der Waals surface area contributed by atoms with Crippen molar-refractivity contribution in [2.75, 3.05) is 39.3 Å². The average Bonchev–Trinajstić information content (AvgIpc) is 2.96. The van der Waals surface area contributed by atoms with Gasteiger partial charge in [0.25, 0.3) is 0 Å². The van der Waals surface area contributed by atoms with Crippen LogP contribution in [0.25, 0.3) is 0 Å². The fraction of sp³-hybridized carbons (Fsp3) is 0.733. The third-order valence-electron chi connectivity index (χ3n) is 4.22. The van der Waals surface area contributed by atoms with Crippen molar-refractivity contribution in [3.8, 4) is 12.3 Å². The Morgan fingerprint density at radius 1 is 1.24 bits per heavy atom. The van der Waals surface area contributed by atoms with Gasteiger partial charge in [-0.2, -0.15) is 0 Å². The number of nitrogens with zero attached hydrogens (tertiary/aromatic N) is 3. The highest BCUT2D eigenvalue weighted by Gasteiger charge is 2.33. The Morgan fingerprint density at radius 3 is 2.57 bits per heavy atom. The molecule has 2 heterocycles. The maximum Gasteiger partial charge on any atom is 0.323 e. The van der Waals surface area contributed by atoms with E-state index in [1.165, 1.54) is 24.2 Å². The van der Waals surface area contributed by atoms with E-state index in [0.29, 0.717) is 19.1 Å². The lowest BCUT2D eigenvalue weighted by Crippen LogP contribution is -2.46. The first kappa shape index (κ1) is 15.6. The summed E-state index contributed by atoms with van der Waals surface area (Å²) in [7, 11) is 0. The summed E-state index contributed by atoms with van der Waals surface area (Å²) >= 11 is 0. The maximum absolute atomic E-state index is 12.4. The number of carbonyl (C=O) groups excluding carboxylic acids is 1. The normalized spacial score (nSPS) is 22.8. The number of terminal acetylenes is 1. The zero-order valence-electron chi connectivity index (χ0n) is 12.3. The van der Waals surface area contributed by atoms with Crippen LogP contribution < -0.4 is 0 Å². The van der Waals surface area contributed by atoms with Crippen LogP contribution in [0.2, 0.25) is 0 Å². The summed E-state index contributed by atoms with van der Waals surface area (Å²) in [6, 6.07) is 0.154. The molecule has 1 N–H and O–H groups in total. The zero-order valence-corrected chi connectivity index (χ0v) is 12.3. The largest absolute Gasteiger partial charge is 0.480 e. The molecule has 0 spiro atoms. The molecule has 1 atom stereocenters. The lowest BCUT2D eigenvalue weighted by Gasteiger charge is -2.32. The van der Waals surface area contributed by atoms with Crippen molar-refractivity contribution in [3.63, 3.8) is 0 Å². The predicted octanol–water partition coefficient (Wildman–Crippen LogP) is 0.686. The highest BCUT2D eigenvalue weighted by molar-refractivity contribution is 5.80. The second kappa shape index (κ2) is 7.32. The molecule has 0 aromatic rings. The Labute approximate surface area is 125 Å². The van der Waals surface area contributed by atoms with Crippen molar-refractivity contribution >= 4 is 12.0 Å². The fourth-order valence-corrected chi connectivity index (χ4v) is 3.16. The highest BCUT2D eigenvalue weighted by atomic mass is 16.4. The van der Waals surface area contributed by atoms with Gasteiger partial charge in [0.15, 0.2) is 0 Å². The second-order valence-electron chi connectivity index (χ2n) is 5.72. The number of aliphatic carboxylic acids is 1. The van der Waals surface area contributed by atoms with Crippen LogP contribution in [0.5, 0.6) is 0 Å². The van der Waals surface area contributed by atoms with E-state index in [0.717, 1.165) is 19.5 Å². The lowest BCUT2D eigenvalue weighted by atomic mass is 10.1. The van der Waals surface area contributed by atoms with E-state index >= 15 is 0 Å². The monoisotopic (exact) mass is 293 g/mol. The molecule has 2 saturated heterocycles. The minimum absolute atomic E-state index is 0.0377. The molecule has 0 aliphatic carbocycles. The standard InChI is InChI=1S/C15H23N3O3/c1-2-7-17(12-14(19)20)15(21)18-10-6-13(11-18)16-8-4-3-5-9-16/h1,13H,3-12H2,(H,19,20). The van der Waals surface area contributed by atoms with Gasteiger partial charge < -0.3 is 14.9 Å². The molecule has 6 nitrogen and oxygen atoms in total. The lowest BCUT2D eigenvalue weighted by molar-refractivity contribution is -0.137. The Hall–Kier alpha value is -1.74. The van der Waals surface area contributed by atoms with Gasteiger partial charge in [0.05, 0.1) is 6.54 Å². The molecule has 2 fully saturated rings. The molecular weight excluding hydrogens is 270 g/mol. The summed E-state index contributed by atoms with van der Waals surface area (Å²) in [5.41, 5.74) is 0. The van der Waals surface area contributed by atoms with Crippen molar-refractivity contribution in [1.82, 2.24) is 14.7 Å². The third kappa shape index (κ3) is 4.11. The van der Waals surface area contributed by atoms with E-state index in [1.807, 2.05) is 0 Å². The van der Waals surface area contributed by atoms with Crippen molar-refractivity contribution in [2.45, 2.75) is 31.7 Å². The third-order valence-corrected chi connectivity index (χ3v) is 4.22. The Kier molecular flexibility index (Phi) is 5.45. The molecule has 0 aromatic carbocycles. The average molecular weight is 293 g/mol. The van der Waals surface area contributed by atoms with Crippen LogP contribution in [0.1, 0.15) is 25.7 Å². The molecule has 6 heteroatoms. The van der Waals surface area contributed by atoms with E-state index in [1.54, 1.807) is 4.90 Å². The van der Waals surface area contributed by atoms with Crippen LogP contribution in [-0.2, 0) is 4.79 Å². The van der Waals surface area contributed by atoms with Gasteiger partial charge in [-0.3, -0.25) is 9.69 Å². The molecule has 0 saturated carbocycles. The van der Waals surface area contributed by atoms with Crippen molar-refractivity contribution in [2.24, 2.45) is 0 Å². The smallest absolute Gasteiger partial charge is 0.323 e. The van der Waals surface area contributed by atoms with Gasteiger partial charge in [0.1, 0.15) is 6.54 Å². The number of piperidine rings is 1. The van der Waals surface area contributed by atoms with E-state index in [-0.39, 0.29) is 19.1 Å². The summed E-state index contributed by atoms with van der Waals surface area (Å²) in [6.45, 7) is 3.27. The number of likely N-dealkylation sites (tertiary alicyclic amines) is 2. The van der Waals surface area contributed by atoms with Crippen LogP contribution in [0.3, 0.4) is 0 Å². The summed E-state index contributed by atoms with van der Waals surface area (Å²) in [5, 5.41) is 8.87. The Balaban J connectivity index is 1.90.